The summed E-state index contributed by atoms with van der Waals surface area (Å²) in [4.78, 5) is 14.6. The molecule has 2 aromatic carbocycles. The number of amides is 1. The highest BCUT2D eigenvalue weighted by atomic mass is 32.2. The van der Waals surface area contributed by atoms with Crippen LogP contribution < -0.4 is 9.47 Å². The van der Waals surface area contributed by atoms with E-state index in [9.17, 15) is 9.18 Å². The van der Waals surface area contributed by atoms with Gasteiger partial charge < -0.3 is 14.4 Å². The first-order valence-corrected chi connectivity index (χ1v) is 9.04. The third kappa shape index (κ3) is 4.07. The second kappa shape index (κ2) is 7.78. The van der Waals surface area contributed by atoms with Crippen molar-refractivity contribution >= 4 is 17.7 Å². The highest BCUT2D eigenvalue weighted by molar-refractivity contribution is 7.99. The number of benzene rings is 2. The van der Waals surface area contributed by atoms with Gasteiger partial charge in [0, 0.05) is 18.4 Å². The molecule has 1 fully saturated rings. The zero-order chi connectivity index (χ0) is 17.8. The van der Waals surface area contributed by atoms with E-state index in [0.717, 1.165) is 16.9 Å². The molecule has 0 spiro atoms. The molecule has 1 unspecified atom stereocenters. The first kappa shape index (κ1) is 17.6. The van der Waals surface area contributed by atoms with Crippen molar-refractivity contribution in [1.29, 1.82) is 0 Å². The summed E-state index contributed by atoms with van der Waals surface area (Å²) >= 11 is 1.72. The first-order valence-electron chi connectivity index (χ1n) is 7.99. The lowest BCUT2D eigenvalue weighted by atomic mass is 10.1. The smallest absolute Gasteiger partial charge is 0.228 e. The zero-order valence-electron chi connectivity index (χ0n) is 14.2. The van der Waals surface area contributed by atoms with E-state index in [0.29, 0.717) is 18.0 Å². The molecule has 0 aromatic heterocycles. The van der Waals surface area contributed by atoms with E-state index < -0.39 is 0 Å². The predicted molar refractivity (Wildman–Crippen MR) is 96.6 cm³/mol. The van der Waals surface area contributed by atoms with Crippen LogP contribution in [-0.2, 0) is 11.2 Å². The molecule has 3 rings (SSSR count). The lowest BCUT2D eigenvalue weighted by Crippen LogP contribution is -2.31. The van der Waals surface area contributed by atoms with Crippen LogP contribution in [0.5, 0.6) is 11.5 Å². The largest absolute Gasteiger partial charge is 0.497 e. The fourth-order valence-electron chi connectivity index (χ4n) is 2.85. The molecule has 0 saturated carbocycles. The summed E-state index contributed by atoms with van der Waals surface area (Å²) < 4.78 is 23.7. The van der Waals surface area contributed by atoms with Crippen molar-refractivity contribution < 1.29 is 18.7 Å². The van der Waals surface area contributed by atoms with Gasteiger partial charge in [-0.2, -0.15) is 0 Å². The number of thioether (sulfide) groups is 1. The molecule has 1 aliphatic rings. The topological polar surface area (TPSA) is 38.8 Å². The summed E-state index contributed by atoms with van der Waals surface area (Å²) in [5.41, 5.74) is 1.79. The lowest BCUT2D eigenvalue weighted by molar-refractivity contribution is -0.130. The Labute approximate surface area is 150 Å². The van der Waals surface area contributed by atoms with Crippen LogP contribution in [-0.4, -0.2) is 37.3 Å². The van der Waals surface area contributed by atoms with Gasteiger partial charge in [-0.15, -0.1) is 11.8 Å². The van der Waals surface area contributed by atoms with Gasteiger partial charge in [0.1, 0.15) is 22.7 Å². The second-order valence-electron chi connectivity index (χ2n) is 5.76. The van der Waals surface area contributed by atoms with Gasteiger partial charge in [0.2, 0.25) is 5.91 Å². The monoisotopic (exact) mass is 361 g/mol. The molecule has 1 amide bonds. The van der Waals surface area contributed by atoms with E-state index in [1.165, 1.54) is 12.1 Å². The summed E-state index contributed by atoms with van der Waals surface area (Å²) in [6, 6.07) is 11.7. The minimum absolute atomic E-state index is 0.0309. The van der Waals surface area contributed by atoms with Crippen molar-refractivity contribution in [1.82, 2.24) is 4.90 Å². The standard InChI is InChI=1S/C19H20FNO3S/c1-23-16-10-14(11-17(12-16)24-2)19-21(7-8-25-19)18(22)9-13-3-5-15(20)6-4-13/h3-6,10-12,19H,7-9H2,1-2H3. The van der Waals surface area contributed by atoms with E-state index >= 15 is 0 Å². The molecule has 6 heteroatoms. The minimum atomic E-state index is -0.297. The Balaban J connectivity index is 1.80. The van der Waals surface area contributed by atoms with Crippen molar-refractivity contribution in [2.75, 3.05) is 26.5 Å². The van der Waals surface area contributed by atoms with Crippen LogP contribution in [0, 0.1) is 5.82 Å². The Hall–Kier alpha value is -2.21. The van der Waals surface area contributed by atoms with E-state index in [4.69, 9.17) is 9.47 Å². The number of carbonyl (C=O) groups is 1. The Kier molecular flexibility index (Phi) is 5.48. The molecule has 1 saturated heterocycles. The highest BCUT2D eigenvalue weighted by Crippen LogP contribution is 2.40. The molecule has 1 atom stereocenters. The summed E-state index contributed by atoms with van der Waals surface area (Å²) in [5, 5.41) is -0.0723. The number of carbonyl (C=O) groups excluding carboxylic acids is 1. The van der Waals surface area contributed by atoms with Crippen LogP contribution in [0.25, 0.3) is 0 Å². The molecule has 1 heterocycles. The number of hydrogen-bond donors (Lipinski definition) is 0. The van der Waals surface area contributed by atoms with Gasteiger partial charge in [-0.3, -0.25) is 4.79 Å². The van der Waals surface area contributed by atoms with Gasteiger partial charge in [-0.25, -0.2) is 4.39 Å². The summed E-state index contributed by atoms with van der Waals surface area (Å²) in [7, 11) is 3.22. The molecule has 25 heavy (non-hydrogen) atoms. The third-order valence-corrected chi connectivity index (χ3v) is 5.40. The molecule has 0 N–H and O–H groups in total. The quantitative estimate of drug-likeness (QED) is 0.815. The van der Waals surface area contributed by atoms with Crippen molar-refractivity contribution in [3.63, 3.8) is 0 Å². The van der Waals surface area contributed by atoms with Crippen molar-refractivity contribution in [2.45, 2.75) is 11.8 Å². The van der Waals surface area contributed by atoms with Crippen molar-refractivity contribution in [2.24, 2.45) is 0 Å². The van der Waals surface area contributed by atoms with Crippen LogP contribution in [0.15, 0.2) is 42.5 Å². The Morgan fingerprint density at radius 1 is 1.16 bits per heavy atom. The van der Waals surface area contributed by atoms with Crippen LogP contribution >= 0.6 is 11.8 Å². The Bertz CT molecular complexity index is 729. The van der Waals surface area contributed by atoms with E-state index in [1.54, 1.807) is 38.1 Å². The summed E-state index contributed by atoms with van der Waals surface area (Å²) in [6.45, 7) is 0.689. The predicted octanol–water partition coefficient (Wildman–Crippen LogP) is 3.66. The van der Waals surface area contributed by atoms with Gasteiger partial charge >= 0.3 is 0 Å². The molecule has 4 nitrogen and oxygen atoms in total. The van der Waals surface area contributed by atoms with Gasteiger partial charge in [0.05, 0.1) is 20.6 Å². The Morgan fingerprint density at radius 3 is 2.40 bits per heavy atom. The maximum Gasteiger partial charge on any atom is 0.228 e. The van der Waals surface area contributed by atoms with Crippen molar-refractivity contribution in [3.05, 3.63) is 59.4 Å². The number of hydrogen-bond acceptors (Lipinski definition) is 4. The summed E-state index contributed by atoms with van der Waals surface area (Å²) in [6.07, 6.45) is 0.262. The number of rotatable bonds is 5. The molecule has 0 radical (unpaired) electrons. The maximum absolute atomic E-state index is 13.0. The SMILES string of the molecule is COc1cc(OC)cc(C2SCCN2C(=O)Cc2ccc(F)cc2)c1. The molecule has 0 aliphatic carbocycles. The molecule has 1 aliphatic heterocycles. The van der Waals surface area contributed by atoms with Crippen LogP contribution in [0.3, 0.4) is 0 Å². The Morgan fingerprint density at radius 2 is 1.80 bits per heavy atom. The number of nitrogens with zero attached hydrogens (tertiary/aromatic N) is 1. The van der Waals surface area contributed by atoms with Crippen LogP contribution in [0.2, 0.25) is 0 Å². The fraction of sp³-hybridized carbons (Fsp3) is 0.316. The number of halogens is 1. The fourth-order valence-corrected chi connectivity index (χ4v) is 4.11. The maximum atomic E-state index is 13.0. The third-order valence-electron chi connectivity index (χ3n) is 4.14. The highest BCUT2D eigenvalue weighted by Gasteiger charge is 2.31. The molecule has 2 aromatic rings. The van der Waals surface area contributed by atoms with Crippen LogP contribution in [0.1, 0.15) is 16.5 Å². The van der Waals surface area contributed by atoms with E-state index in [-0.39, 0.29) is 23.5 Å². The van der Waals surface area contributed by atoms with Crippen molar-refractivity contribution in [3.8, 4) is 11.5 Å². The zero-order valence-corrected chi connectivity index (χ0v) is 15.0. The molecule has 0 bridgehead atoms. The molecular weight excluding hydrogens is 341 g/mol. The minimum Gasteiger partial charge on any atom is -0.497 e. The molecule has 132 valence electrons. The van der Waals surface area contributed by atoms with Gasteiger partial charge in [0.25, 0.3) is 0 Å². The molecular formula is C19H20FNO3S. The number of methoxy groups -OCH3 is 2. The lowest BCUT2D eigenvalue weighted by Gasteiger charge is -2.25. The first-order chi connectivity index (χ1) is 12.1. The number of ether oxygens (including phenoxy) is 2. The average molecular weight is 361 g/mol. The van der Waals surface area contributed by atoms with Crippen LogP contribution in [0.4, 0.5) is 4.39 Å². The van der Waals surface area contributed by atoms with E-state index in [1.807, 2.05) is 23.1 Å². The second-order valence-corrected chi connectivity index (χ2v) is 6.95. The normalized spacial score (nSPS) is 16.8. The van der Waals surface area contributed by atoms with E-state index in [2.05, 4.69) is 0 Å². The van der Waals surface area contributed by atoms with Gasteiger partial charge in [-0.05, 0) is 35.4 Å². The van der Waals surface area contributed by atoms with Gasteiger partial charge in [-0.1, -0.05) is 12.1 Å². The summed E-state index contributed by atoms with van der Waals surface area (Å²) in [5.74, 6) is 2.01. The van der Waals surface area contributed by atoms with Gasteiger partial charge in [0.15, 0.2) is 0 Å². The average Bonchev–Trinajstić information content (AvgIpc) is 3.13.